The van der Waals surface area contributed by atoms with E-state index in [0.717, 1.165) is 83.1 Å². The SMILES string of the molecule is CCc1cccc2cc(O)cc(-c3ncc4c(N5CC6CCC(C5)N6)nc(OC[C@]56CCCN5[C@@H](COC(=O)N5CCN(c7cc([C@H](C(=O)N8C[C@H](O)C[C@H]8C(=O)N[C@@H](C)c8ccc(-c9scnc9C)cc8)C(C)C)on7)CC5)CC6)nc4c3F)c12. The molecule has 0 aliphatic carbocycles. The lowest BCUT2D eigenvalue weighted by molar-refractivity contribution is -0.141. The molecular formula is C64H75FN12O8S. The minimum Gasteiger partial charge on any atom is -0.508 e. The van der Waals surface area contributed by atoms with Gasteiger partial charge in [-0.15, -0.1) is 11.3 Å². The summed E-state index contributed by atoms with van der Waals surface area (Å²) in [5, 5.41) is 35.0. The molecule has 452 valence electrons. The number of nitrogens with one attached hydrogen (secondary N) is 2. The van der Waals surface area contributed by atoms with Crippen LogP contribution in [0.5, 0.6) is 11.8 Å². The fraction of sp³-hybridized carbons (Fsp3) is 0.500. The number of piperazine rings is 2. The van der Waals surface area contributed by atoms with Crippen LogP contribution in [0.4, 0.5) is 20.8 Å². The zero-order valence-electron chi connectivity index (χ0n) is 49.4. The number of hydrogen-bond donors (Lipinski definition) is 4. The summed E-state index contributed by atoms with van der Waals surface area (Å²) >= 11 is 1.58. The standard InChI is InChI=1S/C64H75FN12O8S/c1-6-39-9-7-10-42-25-46(78)26-48(54(39)42)56-55(65)57-49(29-66-56)59(75-30-43-15-16-44(31-75)69-43)71-62(70-57)84-34-64-18-8-20-77(64)45(17-19-64)33-83-63(82)74-23-21-73(22-24-74)52-28-51(85-72-52)53(36(2)3)61(81)76-32-47(79)27-50(76)60(80)68-37(4)40-11-13-41(14-12-40)58-38(5)67-35-86-58/h7,9-14,25-26,28-29,35-37,43-45,47,50,53,69,78-79H,6,8,15-24,27,30-34H2,1-5H3,(H,68,80)/t37-,43?,44?,45+,47+,50-,53+,64+/m0/s1. The van der Waals surface area contributed by atoms with Gasteiger partial charge in [0.15, 0.2) is 17.4 Å². The number of ether oxygens (including phenoxy) is 2. The number of carbonyl (C=O) groups excluding carboxylic acids is 3. The van der Waals surface area contributed by atoms with Crippen LogP contribution in [-0.4, -0.2) is 169 Å². The number of amides is 3. The highest BCUT2D eigenvalue weighted by molar-refractivity contribution is 7.13. The molecule has 6 fully saturated rings. The molecule has 22 heteroatoms. The molecule has 6 aliphatic rings. The number of rotatable bonds is 16. The van der Waals surface area contributed by atoms with E-state index in [1.807, 2.05) is 80.6 Å². The van der Waals surface area contributed by atoms with Crippen LogP contribution in [0.15, 0.2) is 76.9 Å². The van der Waals surface area contributed by atoms with E-state index in [1.165, 1.54) is 4.90 Å². The number of benzene rings is 3. The van der Waals surface area contributed by atoms with Crippen molar-refractivity contribution in [1.82, 2.24) is 50.4 Å². The summed E-state index contributed by atoms with van der Waals surface area (Å²) in [6.07, 6.45) is 6.84. The molecule has 7 aromatic rings. The van der Waals surface area contributed by atoms with Crippen LogP contribution >= 0.6 is 11.3 Å². The number of pyridine rings is 1. The minimum atomic E-state index is -0.865. The van der Waals surface area contributed by atoms with Gasteiger partial charge in [-0.25, -0.2) is 14.2 Å². The molecule has 6 aliphatic heterocycles. The maximum atomic E-state index is 17.4. The van der Waals surface area contributed by atoms with Crippen LogP contribution < -0.4 is 25.2 Å². The highest BCUT2D eigenvalue weighted by atomic mass is 32.1. The van der Waals surface area contributed by atoms with Crippen molar-refractivity contribution in [1.29, 1.82) is 0 Å². The summed E-state index contributed by atoms with van der Waals surface area (Å²) < 4.78 is 36.0. The Balaban J connectivity index is 0.634. The van der Waals surface area contributed by atoms with Gasteiger partial charge in [-0.3, -0.25) is 19.5 Å². The summed E-state index contributed by atoms with van der Waals surface area (Å²) in [6, 6.07) is 18.4. The number of aromatic hydroxyl groups is 1. The molecule has 4 N–H and O–H groups in total. The third-order valence-corrected chi connectivity index (χ3v) is 20.0. The van der Waals surface area contributed by atoms with Crippen molar-refractivity contribution < 1.29 is 43.0 Å². The van der Waals surface area contributed by atoms with E-state index >= 15 is 4.39 Å². The second kappa shape index (κ2) is 23.6. The number of β-amino-alcohol motifs (C(OH)–C–C–N with tert-alkyl or cyclic N) is 1. The lowest BCUT2D eigenvalue weighted by Gasteiger charge is -2.36. The molecule has 20 nitrogen and oxygen atoms in total. The lowest BCUT2D eigenvalue weighted by atomic mass is 9.91. The van der Waals surface area contributed by atoms with Gasteiger partial charge >= 0.3 is 12.1 Å². The van der Waals surface area contributed by atoms with E-state index in [9.17, 15) is 24.6 Å². The van der Waals surface area contributed by atoms with Crippen molar-refractivity contribution in [3.05, 3.63) is 101 Å². The van der Waals surface area contributed by atoms with E-state index in [-0.39, 0.29) is 90.6 Å². The van der Waals surface area contributed by atoms with Crippen molar-refractivity contribution in [2.75, 3.05) is 75.4 Å². The summed E-state index contributed by atoms with van der Waals surface area (Å²) in [7, 11) is 0. The molecule has 10 heterocycles. The second-order valence-corrected chi connectivity index (χ2v) is 25.7. The summed E-state index contributed by atoms with van der Waals surface area (Å²) in [5.74, 6) is -0.688. The Kier molecular flexibility index (Phi) is 15.8. The first-order valence-corrected chi connectivity index (χ1v) is 31.4. The van der Waals surface area contributed by atoms with Crippen molar-refractivity contribution in [3.8, 4) is 33.5 Å². The molecule has 13 rings (SSSR count). The topological polar surface area (TPSA) is 228 Å². The van der Waals surface area contributed by atoms with Gasteiger partial charge in [-0.05, 0) is 111 Å². The fourth-order valence-corrected chi connectivity index (χ4v) is 15.3. The Morgan fingerprint density at radius 2 is 1.73 bits per heavy atom. The molecule has 0 saturated carbocycles. The number of hydrogen-bond acceptors (Lipinski definition) is 18. The molecule has 3 aromatic carbocycles. The van der Waals surface area contributed by atoms with E-state index in [2.05, 4.69) is 37.5 Å². The van der Waals surface area contributed by atoms with Gasteiger partial charge in [0.25, 0.3) is 0 Å². The molecule has 3 amide bonds. The first-order valence-electron chi connectivity index (χ1n) is 30.6. The van der Waals surface area contributed by atoms with E-state index in [0.29, 0.717) is 86.1 Å². The number of nitrogens with zero attached hydrogens (tertiary/aromatic N) is 10. The fourth-order valence-electron chi connectivity index (χ4n) is 14.5. The number of phenolic OH excluding ortho intramolecular Hbond substituents is 1. The average molecular weight is 1190 g/mol. The van der Waals surface area contributed by atoms with Crippen molar-refractivity contribution in [2.45, 2.75) is 134 Å². The summed E-state index contributed by atoms with van der Waals surface area (Å²) in [4.78, 5) is 72.0. The van der Waals surface area contributed by atoms with Gasteiger partial charge < -0.3 is 54.4 Å². The van der Waals surface area contributed by atoms with Crippen LogP contribution in [0.3, 0.4) is 0 Å². The number of phenols is 1. The first-order chi connectivity index (χ1) is 41.6. The minimum absolute atomic E-state index is 0.0169. The van der Waals surface area contributed by atoms with E-state index in [1.54, 1.807) is 40.6 Å². The number of aromatic nitrogens is 5. The number of anilines is 2. The molecule has 2 unspecified atom stereocenters. The summed E-state index contributed by atoms with van der Waals surface area (Å²) in [6.45, 7) is 14.3. The first kappa shape index (κ1) is 57.5. The number of halogens is 1. The Labute approximate surface area is 503 Å². The van der Waals surface area contributed by atoms with Crippen LogP contribution in [0.25, 0.3) is 43.4 Å². The zero-order valence-corrected chi connectivity index (χ0v) is 50.2. The van der Waals surface area contributed by atoms with Crippen LogP contribution in [0.2, 0.25) is 0 Å². The predicted molar refractivity (Wildman–Crippen MR) is 325 cm³/mol. The van der Waals surface area contributed by atoms with Gasteiger partial charge in [0.05, 0.1) is 39.2 Å². The highest BCUT2D eigenvalue weighted by Gasteiger charge is 2.51. The van der Waals surface area contributed by atoms with Crippen molar-refractivity contribution >= 4 is 62.6 Å². The van der Waals surface area contributed by atoms with Crippen LogP contribution in [0.1, 0.15) is 107 Å². The number of aryl methyl sites for hydroxylation is 2. The maximum absolute atomic E-state index is 17.4. The smallest absolute Gasteiger partial charge is 0.409 e. The van der Waals surface area contributed by atoms with Gasteiger partial charge in [0, 0.05) is 88.2 Å². The monoisotopic (exact) mass is 1190 g/mol. The quantitative estimate of drug-likeness (QED) is 0.0711. The number of fused-ring (bicyclic) bond motifs is 5. The van der Waals surface area contributed by atoms with Crippen LogP contribution in [0, 0.1) is 18.7 Å². The zero-order chi connectivity index (χ0) is 59.5. The van der Waals surface area contributed by atoms with E-state index < -0.39 is 23.9 Å². The normalized spacial score (nSPS) is 23.8. The van der Waals surface area contributed by atoms with Crippen molar-refractivity contribution in [2.24, 2.45) is 5.92 Å². The molecule has 0 spiro atoms. The highest BCUT2D eigenvalue weighted by Crippen LogP contribution is 2.44. The number of thiazole rings is 1. The molecule has 4 aromatic heterocycles. The molecule has 0 radical (unpaired) electrons. The third kappa shape index (κ3) is 10.9. The molecule has 8 atom stereocenters. The molecule has 6 saturated heterocycles. The molecule has 86 heavy (non-hydrogen) atoms. The maximum Gasteiger partial charge on any atom is 0.409 e. The Morgan fingerprint density at radius 1 is 0.942 bits per heavy atom. The van der Waals surface area contributed by atoms with Crippen LogP contribution in [-0.2, 0) is 20.7 Å². The second-order valence-electron chi connectivity index (χ2n) is 24.8. The van der Waals surface area contributed by atoms with Gasteiger partial charge in [-0.1, -0.05) is 68.4 Å². The Bertz CT molecular complexity index is 3680. The number of aliphatic hydroxyl groups excluding tert-OH is 1. The predicted octanol–water partition coefficient (Wildman–Crippen LogP) is 8.53. The number of aliphatic hydroxyl groups is 1. The van der Waals surface area contributed by atoms with Gasteiger partial charge in [0.2, 0.25) is 11.8 Å². The molecular weight excluding hydrogens is 1120 g/mol. The van der Waals surface area contributed by atoms with Gasteiger partial charge in [0.1, 0.15) is 48.0 Å². The summed E-state index contributed by atoms with van der Waals surface area (Å²) in [5.41, 5.74) is 6.16. The Morgan fingerprint density at radius 3 is 2.48 bits per heavy atom. The van der Waals surface area contributed by atoms with Gasteiger partial charge in [-0.2, -0.15) is 9.97 Å². The van der Waals surface area contributed by atoms with E-state index in [4.69, 9.17) is 28.9 Å². The number of likely N-dealkylation sites (tertiary alicyclic amines) is 1. The average Bonchev–Trinajstić information content (AvgIpc) is 1.63. The number of carbonyl (C=O) groups is 3. The largest absolute Gasteiger partial charge is 0.508 e. The lowest BCUT2D eigenvalue weighted by Crippen LogP contribution is -2.51. The Hall–Kier alpha value is -7.53. The van der Waals surface area contributed by atoms with Crippen molar-refractivity contribution in [3.63, 3.8) is 0 Å². The molecule has 2 bridgehead atoms. The third-order valence-electron chi connectivity index (χ3n) is 19.0.